The van der Waals surface area contributed by atoms with Gasteiger partial charge in [-0.05, 0) is 23.8 Å². The zero-order valence-electron chi connectivity index (χ0n) is 12.7. The Bertz CT molecular complexity index is 905. The minimum atomic E-state index is -3.34. The van der Waals surface area contributed by atoms with Gasteiger partial charge >= 0.3 is 0 Å². The molecule has 0 aliphatic carbocycles. The maximum Gasteiger partial charge on any atom is 0.180 e. The molecule has 0 N–H and O–H groups in total. The summed E-state index contributed by atoms with van der Waals surface area (Å²) in [4.78, 5) is 8.86. The number of rotatable bonds is 4. The zero-order valence-corrected chi connectivity index (χ0v) is 13.5. The number of sulfone groups is 1. The molecule has 2 heterocycles. The molecule has 1 aromatic carbocycles. The molecular formula is C18H16N2O2S. The minimum absolute atomic E-state index is 0.0355. The minimum Gasteiger partial charge on any atom is -0.254 e. The van der Waals surface area contributed by atoms with Crippen molar-refractivity contribution in [3.05, 3.63) is 67.0 Å². The van der Waals surface area contributed by atoms with Crippen molar-refractivity contribution in [1.82, 2.24) is 9.97 Å². The van der Waals surface area contributed by atoms with Crippen LogP contribution in [0.15, 0.2) is 71.9 Å². The Hall–Kier alpha value is -2.53. The Morgan fingerprint density at radius 3 is 2.30 bits per heavy atom. The van der Waals surface area contributed by atoms with Gasteiger partial charge in [0, 0.05) is 18.0 Å². The van der Waals surface area contributed by atoms with Crippen molar-refractivity contribution < 1.29 is 8.42 Å². The van der Waals surface area contributed by atoms with Crippen molar-refractivity contribution in [1.29, 1.82) is 0 Å². The van der Waals surface area contributed by atoms with E-state index >= 15 is 0 Å². The van der Waals surface area contributed by atoms with Gasteiger partial charge in [0.25, 0.3) is 0 Å². The molecule has 0 aliphatic rings. The van der Waals surface area contributed by atoms with Gasteiger partial charge < -0.3 is 0 Å². The SMILES string of the molecule is CCS(=O)(=O)c1cccnc1-c1ccc(-c2ccccc2)cn1. The number of nitrogens with zero attached hydrogens (tertiary/aromatic N) is 2. The summed E-state index contributed by atoms with van der Waals surface area (Å²) >= 11 is 0. The van der Waals surface area contributed by atoms with Crippen LogP contribution < -0.4 is 0 Å². The Morgan fingerprint density at radius 1 is 0.870 bits per heavy atom. The van der Waals surface area contributed by atoms with E-state index in [9.17, 15) is 8.42 Å². The van der Waals surface area contributed by atoms with E-state index in [0.29, 0.717) is 11.4 Å². The smallest absolute Gasteiger partial charge is 0.180 e. The lowest BCUT2D eigenvalue weighted by Gasteiger charge is -2.08. The van der Waals surface area contributed by atoms with E-state index in [1.54, 1.807) is 37.5 Å². The summed E-state index contributed by atoms with van der Waals surface area (Å²) < 4.78 is 24.4. The third kappa shape index (κ3) is 3.14. The molecule has 2 aromatic heterocycles. The standard InChI is InChI=1S/C18H16N2O2S/c1-2-23(21,22)17-9-6-12-19-18(17)16-11-10-15(13-20-16)14-7-4-3-5-8-14/h3-13H,2H2,1H3. The third-order valence-corrected chi connectivity index (χ3v) is 5.36. The van der Waals surface area contributed by atoms with E-state index in [-0.39, 0.29) is 10.6 Å². The van der Waals surface area contributed by atoms with Crippen molar-refractivity contribution in [3.63, 3.8) is 0 Å². The molecule has 0 spiro atoms. The monoisotopic (exact) mass is 324 g/mol. The molecule has 4 nitrogen and oxygen atoms in total. The third-order valence-electron chi connectivity index (χ3n) is 3.60. The summed E-state index contributed by atoms with van der Waals surface area (Å²) in [6.45, 7) is 1.62. The first kappa shape index (κ1) is 15.4. The van der Waals surface area contributed by atoms with Crippen LogP contribution in [0.25, 0.3) is 22.5 Å². The lowest BCUT2D eigenvalue weighted by atomic mass is 10.1. The molecular weight excluding hydrogens is 308 g/mol. The normalized spacial score (nSPS) is 11.3. The first-order valence-corrected chi connectivity index (χ1v) is 8.96. The van der Waals surface area contributed by atoms with Crippen LogP contribution in [0, 0.1) is 0 Å². The number of aromatic nitrogens is 2. The summed E-state index contributed by atoms with van der Waals surface area (Å²) in [5.41, 5.74) is 2.99. The summed E-state index contributed by atoms with van der Waals surface area (Å²) in [5.74, 6) is 0.0355. The van der Waals surface area contributed by atoms with Gasteiger partial charge in [-0.15, -0.1) is 0 Å². The second-order valence-corrected chi connectivity index (χ2v) is 7.30. The molecule has 23 heavy (non-hydrogen) atoms. The highest BCUT2D eigenvalue weighted by molar-refractivity contribution is 7.91. The van der Waals surface area contributed by atoms with E-state index < -0.39 is 9.84 Å². The van der Waals surface area contributed by atoms with Crippen LogP contribution in [0.2, 0.25) is 0 Å². The van der Waals surface area contributed by atoms with Crippen LogP contribution in [0.4, 0.5) is 0 Å². The fourth-order valence-electron chi connectivity index (χ4n) is 2.32. The molecule has 0 unspecified atom stereocenters. The fourth-order valence-corrected chi connectivity index (χ4v) is 3.37. The second kappa shape index (κ2) is 6.30. The Kier molecular flexibility index (Phi) is 4.21. The van der Waals surface area contributed by atoms with Gasteiger partial charge in [0.05, 0.1) is 16.3 Å². The molecule has 0 amide bonds. The number of hydrogen-bond acceptors (Lipinski definition) is 4. The van der Waals surface area contributed by atoms with Gasteiger partial charge in [0.15, 0.2) is 9.84 Å². The molecule has 0 saturated heterocycles. The molecule has 116 valence electrons. The maximum absolute atomic E-state index is 12.2. The van der Waals surface area contributed by atoms with Crippen LogP contribution in [-0.2, 0) is 9.84 Å². The van der Waals surface area contributed by atoms with Crippen molar-refractivity contribution in [3.8, 4) is 22.5 Å². The highest BCUT2D eigenvalue weighted by Gasteiger charge is 2.19. The van der Waals surface area contributed by atoms with Gasteiger partial charge in [0.2, 0.25) is 0 Å². The molecule has 0 atom stereocenters. The molecule has 0 aliphatic heterocycles. The van der Waals surface area contributed by atoms with Gasteiger partial charge in [-0.3, -0.25) is 9.97 Å². The lowest BCUT2D eigenvalue weighted by molar-refractivity contribution is 0.597. The first-order chi connectivity index (χ1) is 11.1. The predicted molar refractivity (Wildman–Crippen MR) is 90.6 cm³/mol. The molecule has 0 bridgehead atoms. The fraction of sp³-hybridized carbons (Fsp3) is 0.111. The molecule has 3 aromatic rings. The number of benzene rings is 1. The van der Waals surface area contributed by atoms with E-state index in [1.165, 1.54) is 0 Å². The summed E-state index contributed by atoms with van der Waals surface area (Å²) in [7, 11) is -3.34. The van der Waals surface area contributed by atoms with Crippen molar-refractivity contribution in [2.24, 2.45) is 0 Å². The van der Waals surface area contributed by atoms with E-state index in [4.69, 9.17) is 0 Å². The highest BCUT2D eigenvalue weighted by atomic mass is 32.2. The molecule has 0 saturated carbocycles. The quantitative estimate of drug-likeness (QED) is 0.735. The summed E-state index contributed by atoms with van der Waals surface area (Å²) in [5, 5.41) is 0. The van der Waals surface area contributed by atoms with Gasteiger partial charge in [0.1, 0.15) is 5.69 Å². The van der Waals surface area contributed by atoms with Crippen molar-refractivity contribution >= 4 is 9.84 Å². The van der Waals surface area contributed by atoms with Crippen LogP contribution >= 0.6 is 0 Å². The van der Waals surface area contributed by atoms with Crippen LogP contribution in [0.1, 0.15) is 6.92 Å². The average molecular weight is 324 g/mol. The van der Waals surface area contributed by atoms with Crippen LogP contribution in [-0.4, -0.2) is 24.1 Å². The highest BCUT2D eigenvalue weighted by Crippen LogP contribution is 2.26. The summed E-state index contributed by atoms with van der Waals surface area (Å²) in [6.07, 6.45) is 3.32. The Morgan fingerprint density at radius 2 is 1.65 bits per heavy atom. The topological polar surface area (TPSA) is 59.9 Å². The van der Waals surface area contributed by atoms with Crippen molar-refractivity contribution in [2.75, 3.05) is 5.75 Å². The van der Waals surface area contributed by atoms with Gasteiger partial charge in [-0.1, -0.05) is 43.3 Å². The predicted octanol–water partition coefficient (Wildman–Crippen LogP) is 3.60. The number of pyridine rings is 2. The molecule has 5 heteroatoms. The van der Waals surface area contributed by atoms with E-state index in [2.05, 4.69) is 9.97 Å². The van der Waals surface area contributed by atoms with Crippen LogP contribution in [0.5, 0.6) is 0 Å². The van der Waals surface area contributed by atoms with Crippen molar-refractivity contribution in [2.45, 2.75) is 11.8 Å². The maximum atomic E-state index is 12.2. The van der Waals surface area contributed by atoms with Crippen LogP contribution in [0.3, 0.4) is 0 Å². The second-order valence-electron chi connectivity index (χ2n) is 5.05. The number of hydrogen-bond donors (Lipinski definition) is 0. The Balaban J connectivity index is 2.04. The Labute approximate surface area is 135 Å². The average Bonchev–Trinajstić information content (AvgIpc) is 2.62. The van der Waals surface area contributed by atoms with Gasteiger partial charge in [-0.25, -0.2) is 8.42 Å². The molecule has 0 radical (unpaired) electrons. The summed E-state index contributed by atoms with van der Waals surface area (Å²) in [6, 6.07) is 16.8. The van der Waals surface area contributed by atoms with E-state index in [1.807, 2.05) is 36.4 Å². The molecule has 3 rings (SSSR count). The zero-order chi connectivity index (χ0) is 16.3. The lowest BCUT2D eigenvalue weighted by Crippen LogP contribution is -2.07. The van der Waals surface area contributed by atoms with E-state index in [0.717, 1.165) is 11.1 Å². The molecule has 0 fully saturated rings. The first-order valence-electron chi connectivity index (χ1n) is 7.31. The largest absolute Gasteiger partial charge is 0.254 e. The van der Waals surface area contributed by atoms with Gasteiger partial charge in [-0.2, -0.15) is 0 Å².